The number of fused-ring (bicyclic) bond motifs is 5. The zero-order valence-corrected chi connectivity index (χ0v) is 19.2. The molecule has 0 saturated heterocycles. The molecule has 7 atom stereocenters. The highest BCUT2D eigenvalue weighted by Crippen LogP contribution is 2.67. The van der Waals surface area contributed by atoms with E-state index in [1.54, 1.807) is 0 Å². The maximum atomic E-state index is 12.5. The van der Waals surface area contributed by atoms with Gasteiger partial charge in [0.1, 0.15) is 12.4 Å². The molecule has 0 aliphatic heterocycles. The van der Waals surface area contributed by atoms with Gasteiger partial charge in [0.2, 0.25) is 0 Å². The molecule has 0 aromatic rings. The fraction of sp³-hybridized carbons (Fsp3) is 0.769. The lowest BCUT2D eigenvalue weighted by Gasteiger charge is -2.59. The van der Waals surface area contributed by atoms with Gasteiger partial charge in [0.05, 0.1) is 16.4 Å². The summed E-state index contributed by atoms with van der Waals surface area (Å²) in [4.78, 5) is 24.9. The minimum Gasteiger partial charge on any atom is -0.462 e. The summed E-state index contributed by atoms with van der Waals surface area (Å²) in [6, 6.07) is 0. The molecule has 0 aromatic heterocycles. The molecular formula is C26H38O4. The molecule has 166 valence electrons. The molecule has 0 amide bonds. The third-order valence-corrected chi connectivity index (χ3v) is 9.13. The molecule has 30 heavy (non-hydrogen) atoms. The number of hydrogen-bond acceptors (Lipinski definition) is 4. The summed E-state index contributed by atoms with van der Waals surface area (Å²) in [5, 5.41) is 12.2. The van der Waals surface area contributed by atoms with E-state index in [0.29, 0.717) is 6.42 Å². The van der Waals surface area contributed by atoms with E-state index in [4.69, 9.17) is 4.74 Å². The topological polar surface area (TPSA) is 63.6 Å². The molecule has 0 unspecified atom stereocenters. The summed E-state index contributed by atoms with van der Waals surface area (Å²) >= 11 is 0. The number of aldehydes is 1. The van der Waals surface area contributed by atoms with Gasteiger partial charge in [-0.05, 0) is 84.1 Å². The Morgan fingerprint density at radius 1 is 1.27 bits per heavy atom. The van der Waals surface area contributed by atoms with Crippen molar-refractivity contribution in [2.75, 3.05) is 0 Å². The van der Waals surface area contributed by atoms with Gasteiger partial charge >= 0.3 is 5.97 Å². The number of allylic oxidation sites excluding steroid dienone is 3. The van der Waals surface area contributed by atoms with Crippen molar-refractivity contribution < 1.29 is 19.4 Å². The standard InChI is InChI=1S/C26H38O4/c1-17(30-22(28)23(2,3)4)19-12-15-26(29)21-10-9-18-8-6-7-13-25(18,16-27)20(21)11-14-24(19,26)5/h8-10,16-17,19-21,29H,6-7,11-15H2,1-5H3/t17-,19+,20-,21+,24+,25+,26-/m0/s1. The minimum atomic E-state index is -0.863. The maximum Gasteiger partial charge on any atom is 0.311 e. The SMILES string of the molecule is C[C@H](OC(=O)C(C)(C)C)[C@H]1CC[C@]2(O)[C@@H]3C=CC4=CCCC[C@]4(C=O)[C@H]3CC[C@]12C. The van der Waals surface area contributed by atoms with Gasteiger partial charge in [-0.2, -0.15) is 0 Å². The number of esters is 1. The Morgan fingerprint density at radius 2 is 2.00 bits per heavy atom. The molecule has 4 rings (SSSR count). The Kier molecular flexibility index (Phi) is 5.12. The first-order valence-corrected chi connectivity index (χ1v) is 11.8. The Bertz CT molecular complexity index is 789. The van der Waals surface area contributed by atoms with E-state index < -0.39 is 16.4 Å². The normalized spacial score (nSPS) is 43.7. The highest BCUT2D eigenvalue weighted by Gasteiger charge is 2.67. The Hall–Kier alpha value is -1.42. The van der Waals surface area contributed by atoms with Crippen LogP contribution in [0.2, 0.25) is 0 Å². The van der Waals surface area contributed by atoms with Crippen molar-refractivity contribution in [3.8, 4) is 0 Å². The number of carbonyl (C=O) groups excluding carboxylic acids is 2. The van der Waals surface area contributed by atoms with Crippen molar-refractivity contribution >= 4 is 12.3 Å². The van der Waals surface area contributed by atoms with Gasteiger partial charge in [-0.25, -0.2) is 0 Å². The summed E-state index contributed by atoms with van der Waals surface area (Å²) in [7, 11) is 0. The molecule has 4 nitrogen and oxygen atoms in total. The zero-order chi connectivity index (χ0) is 21.9. The van der Waals surface area contributed by atoms with E-state index in [0.717, 1.165) is 38.5 Å². The van der Waals surface area contributed by atoms with Crippen molar-refractivity contribution in [2.24, 2.45) is 34.0 Å². The number of aliphatic hydroxyl groups is 1. The van der Waals surface area contributed by atoms with Crippen LogP contribution in [0.4, 0.5) is 0 Å². The molecular weight excluding hydrogens is 376 g/mol. The van der Waals surface area contributed by atoms with Gasteiger partial charge in [-0.3, -0.25) is 4.79 Å². The number of carbonyl (C=O) groups is 2. The van der Waals surface area contributed by atoms with Crippen LogP contribution in [0.25, 0.3) is 0 Å². The van der Waals surface area contributed by atoms with Gasteiger partial charge in [0.25, 0.3) is 0 Å². The summed E-state index contributed by atoms with van der Waals surface area (Å²) in [6.07, 6.45) is 13.8. The summed E-state index contributed by atoms with van der Waals surface area (Å²) in [5.41, 5.74) is -0.987. The fourth-order valence-electron chi connectivity index (χ4n) is 7.30. The van der Waals surface area contributed by atoms with E-state index in [9.17, 15) is 14.7 Å². The summed E-state index contributed by atoms with van der Waals surface area (Å²) in [6.45, 7) is 9.81. The quantitative estimate of drug-likeness (QED) is 0.521. The van der Waals surface area contributed by atoms with Crippen molar-refractivity contribution in [2.45, 2.75) is 91.3 Å². The summed E-state index contributed by atoms with van der Waals surface area (Å²) < 4.78 is 5.89. The van der Waals surface area contributed by atoms with E-state index in [-0.39, 0.29) is 35.2 Å². The third-order valence-electron chi connectivity index (χ3n) is 9.13. The number of ether oxygens (including phenoxy) is 1. The molecule has 0 radical (unpaired) electrons. The molecule has 0 aromatic carbocycles. The second-order valence-corrected chi connectivity index (χ2v) is 11.6. The summed E-state index contributed by atoms with van der Waals surface area (Å²) in [5.74, 6) is 0.0823. The molecule has 2 saturated carbocycles. The highest BCUT2D eigenvalue weighted by molar-refractivity contribution is 5.75. The van der Waals surface area contributed by atoms with Crippen LogP contribution >= 0.6 is 0 Å². The predicted molar refractivity (Wildman–Crippen MR) is 117 cm³/mol. The molecule has 0 spiro atoms. The van der Waals surface area contributed by atoms with Crippen molar-refractivity contribution in [1.29, 1.82) is 0 Å². The monoisotopic (exact) mass is 414 g/mol. The van der Waals surface area contributed by atoms with Crippen LogP contribution in [0.3, 0.4) is 0 Å². The molecule has 0 bridgehead atoms. The average Bonchev–Trinajstić information content (AvgIpc) is 2.98. The van der Waals surface area contributed by atoms with Gasteiger partial charge in [-0.1, -0.05) is 25.2 Å². The second kappa shape index (κ2) is 7.05. The molecule has 1 N–H and O–H groups in total. The van der Waals surface area contributed by atoms with Gasteiger partial charge in [0, 0.05) is 17.3 Å². The highest BCUT2D eigenvalue weighted by atomic mass is 16.5. The van der Waals surface area contributed by atoms with Gasteiger partial charge in [0.15, 0.2) is 0 Å². The van der Waals surface area contributed by atoms with Crippen LogP contribution in [0.1, 0.15) is 79.6 Å². The largest absolute Gasteiger partial charge is 0.462 e. The molecule has 4 aliphatic rings. The maximum absolute atomic E-state index is 12.5. The molecule has 2 fully saturated rings. The number of rotatable bonds is 3. The van der Waals surface area contributed by atoms with Crippen LogP contribution in [0.5, 0.6) is 0 Å². The second-order valence-electron chi connectivity index (χ2n) is 11.6. The fourth-order valence-corrected chi connectivity index (χ4v) is 7.30. The molecule has 4 heteroatoms. The van der Waals surface area contributed by atoms with Crippen LogP contribution in [-0.2, 0) is 14.3 Å². The smallest absolute Gasteiger partial charge is 0.311 e. The average molecular weight is 415 g/mol. The van der Waals surface area contributed by atoms with Crippen LogP contribution < -0.4 is 0 Å². The van der Waals surface area contributed by atoms with Crippen LogP contribution in [0, 0.1) is 34.0 Å². The van der Waals surface area contributed by atoms with Crippen molar-refractivity contribution in [1.82, 2.24) is 0 Å². The Morgan fingerprint density at radius 3 is 2.67 bits per heavy atom. The lowest BCUT2D eigenvalue weighted by atomic mass is 9.46. The van der Waals surface area contributed by atoms with E-state index in [1.807, 2.05) is 27.7 Å². The van der Waals surface area contributed by atoms with Crippen molar-refractivity contribution in [3.63, 3.8) is 0 Å². The minimum absolute atomic E-state index is 0.0211. The predicted octanol–water partition coefficient (Wildman–Crippen LogP) is 5.00. The van der Waals surface area contributed by atoms with E-state index in [1.165, 1.54) is 11.9 Å². The molecule has 0 heterocycles. The lowest BCUT2D eigenvalue weighted by molar-refractivity contribution is -0.183. The Balaban J connectivity index is 1.65. The molecule has 4 aliphatic carbocycles. The van der Waals surface area contributed by atoms with Crippen LogP contribution in [-0.4, -0.2) is 29.1 Å². The van der Waals surface area contributed by atoms with Crippen molar-refractivity contribution in [3.05, 3.63) is 23.8 Å². The van der Waals surface area contributed by atoms with Gasteiger partial charge < -0.3 is 14.6 Å². The Labute approximate surface area is 181 Å². The first-order valence-electron chi connectivity index (χ1n) is 11.8. The third kappa shape index (κ3) is 2.89. The zero-order valence-electron chi connectivity index (χ0n) is 19.2. The van der Waals surface area contributed by atoms with E-state index >= 15 is 0 Å². The lowest BCUT2D eigenvalue weighted by Crippen LogP contribution is -2.61. The first kappa shape index (κ1) is 21.8. The van der Waals surface area contributed by atoms with E-state index in [2.05, 4.69) is 25.2 Å². The first-order chi connectivity index (χ1) is 14.0. The van der Waals surface area contributed by atoms with Gasteiger partial charge in [-0.15, -0.1) is 0 Å². The van der Waals surface area contributed by atoms with Crippen LogP contribution in [0.15, 0.2) is 23.8 Å². The number of hydrogen-bond donors (Lipinski definition) is 1.